The van der Waals surface area contributed by atoms with Gasteiger partial charge in [-0.15, -0.1) is 0 Å². The Labute approximate surface area is 60.9 Å². The van der Waals surface area contributed by atoms with Crippen LogP contribution in [0.2, 0.25) is 0 Å². The molecule has 1 fully saturated rings. The number of nitrogens with two attached hydrogens (primary N) is 1. The molecule has 3 nitrogen and oxygen atoms in total. The molecule has 0 spiro atoms. The van der Waals surface area contributed by atoms with Crippen LogP contribution < -0.4 is 5.73 Å². The molecule has 1 aliphatic heterocycles. The van der Waals surface area contributed by atoms with Crippen molar-refractivity contribution in [2.24, 2.45) is 16.6 Å². The summed E-state index contributed by atoms with van der Waals surface area (Å²) in [5, 5.41) is 0. The van der Waals surface area contributed by atoms with E-state index < -0.39 is 0 Å². The van der Waals surface area contributed by atoms with Crippen LogP contribution in [0.5, 0.6) is 0 Å². The lowest BCUT2D eigenvalue weighted by Gasteiger charge is -2.15. The van der Waals surface area contributed by atoms with Crippen molar-refractivity contribution in [1.82, 2.24) is 4.90 Å². The molecular weight excluding hydrogens is 126 g/mol. The van der Waals surface area contributed by atoms with Gasteiger partial charge in [0, 0.05) is 13.1 Å². The lowest BCUT2D eigenvalue weighted by atomic mass is 10.4. The SMILES string of the molecule is NC1=NCCN1CC1CC1. The van der Waals surface area contributed by atoms with Crippen molar-refractivity contribution in [2.75, 3.05) is 19.6 Å². The highest BCUT2D eigenvalue weighted by Crippen LogP contribution is 2.29. The third-order valence-corrected chi connectivity index (χ3v) is 2.14. The van der Waals surface area contributed by atoms with Gasteiger partial charge in [0.25, 0.3) is 0 Å². The fraction of sp³-hybridized carbons (Fsp3) is 0.857. The molecule has 0 aromatic rings. The van der Waals surface area contributed by atoms with Crippen LogP contribution in [0.4, 0.5) is 0 Å². The zero-order valence-electron chi connectivity index (χ0n) is 6.08. The minimum atomic E-state index is 0.756. The van der Waals surface area contributed by atoms with Crippen molar-refractivity contribution in [3.8, 4) is 0 Å². The minimum Gasteiger partial charge on any atom is -0.370 e. The Hall–Kier alpha value is -0.730. The lowest BCUT2D eigenvalue weighted by molar-refractivity contribution is 0.430. The molecule has 0 radical (unpaired) electrons. The van der Waals surface area contributed by atoms with Crippen LogP contribution in [0.3, 0.4) is 0 Å². The maximum atomic E-state index is 5.63. The van der Waals surface area contributed by atoms with E-state index in [1.165, 1.54) is 12.8 Å². The fourth-order valence-electron chi connectivity index (χ4n) is 1.30. The highest BCUT2D eigenvalue weighted by atomic mass is 15.3. The molecule has 0 atom stereocenters. The number of aliphatic imine (C=N–C) groups is 1. The minimum absolute atomic E-state index is 0.756. The molecule has 1 saturated carbocycles. The second kappa shape index (κ2) is 2.15. The Bertz CT molecular complexity index is 160. The summed E-state index contributed by atoms with van der Waals surface area (Å²) in [5.41, 5.74) is 5.63. The molecule has 3 heteroatoms. The van der Waals surface area contributed by atoms with Crippen molar-refractivity contribution in [2.45, 2.75) is 12.8 Å². The van der Waals surface area contributed by atoms with Crippen LogP contribution in [-0.2, 0) is 0 Å². The van der Waals surface area contributed by atoms with Gasteiger partial charge >= 0.3 is 0 Å². The summed E-state index contributed by atoms with van der Waals surface area (Å²) in [6.45, 7) is 3.09. The standard InChI is InChI=1S/C7H13N3/c8-7-9-3-4-10(7)5-6-1-2-6/h6H,1-5H2,(H2,8,9). The van der Waals surface area contributed by atoms with Crippen molar-refractivity contribution in [3.63, 3.8) is 0 Å². The summed E-state index contributed by atoms with van der Waals surface area (Å²) < 4.78 is 0. The number of hydrogen-bond donors (Lipinski definition) is 1. The van der Waals surface area contributed by atoms with Gasteiger partial charge in [0.05, 0.1) is 6.54 Å². The van der Waals surface area contributed by atoms with Crippen LogP contribution in [0.1, 0.15) is 12.8 Å². The fourth-order valence-corrected chi connectivity index (χ4v) is 1.30. The van der Waals surface area contributed by atoms with Crippen LogP contribution >= 0.6 is 0 Å². The van der Waals surface area contributed by atoms with Crippen molar-refractivity contribution >= 4 is 5.96 Å². The van der Waals surface area contributed by atoms with Crippen molar-refractivity contribution < 1.29 is 0 Å². The van der Waals surface area contributed by atoms with E-state index >= 15 is 0 Å². The molecule has 0 unspecified atom stereocenters. The average molecular weight is 139 g/mol. The van der Waals surface area contributed by atoms with Gasteiger partial charge in [-0.05, 0) is 18.8 Å². The quantitative estimate of drug-likeness (QED) is 0.586. The molecule has 0 bridgehead atoms. The van der Waals surface area contributed by atoms with Gasteiger partial charge in [-0.1, -0.05) is 0 Å². The van der Waals surface area contributed by atoms with E-state index in [0.29, 0.717) is 0 Å². The Morgan fingerprint density at radius 3 is 2.90 bits per heavy atom. The molecule has 56 valence electrons. The maximum absolute atomic E-state index is 5.63. The first kappa shape index (κ1) is 6.01. The molecule has 2 N–H and O–H groups in total. The zero-order chi connectivity index (χ0) is 6.97. The van der Waals surface area contributed by atoms with E-state index in [1.807, 2.05) is 0 Å². The maximum Gasteiger partial charge on any atom is 0.191 e. The second-order valence-corrected chi connectivity index (χ2v) is 3.13. The summed E-state index contributed by atoms with van der Waals surface area (Å²) in [6, 6.07) is 0. The molecule has 0 aromatic heterocycles. The second-order valence-electron chi connectivity index (χ2n) is 3.13. The Morgan fingerprint density at radius 2 is 2.40 bits per heavy atom. The van der Waals surface area contributed by atoms with E-state index in [1.54, 1.807) is 0 Å². The average Bonchev–Trinajstić information content (AvgIpc) is 2.62. The smallest absolute Gasteiger partial charge is 0.191 e. The summed E-state index contributed by atoms with van der Waals surface area (Å²) >= 11 is 0. The number of hydrogen-bond acceptors (Lipinski definition) is 3. The van der Waals surface area contributed by atoms with E-state index in [0.717, 1.165) is 31.5 Å². The van der Waals surface area contributed by atoms with E-state index in [9.17, 15) is 0 Å². The molecule has 1 aliphatic carbocycles. The van der Waals surface area contributed by atoms with E-state index in [4.69, 9.17) is 5.73 Å². The van der Waals surface area contributed by atoms with Crippen LogP contribution in [-0.4, -0.2) is 30.5 Å². The summed E-state index contributed by atoms with van der Waals surface area (Å²) in [6.07, 6.45) is 2.79. The predicted octanol–water partition coefficient (Wildman–Crippen LogP) is 0.0267. The summed E-state index contributed by atoms with van der Waals surface area (Å²) in [5.74, 6) is 1.68. The predicted molar refractivity (Wildman–Crippen MR) is 40.8 cm³/mol. The highest BCUT2D eigenvalue weighted by molar-refractivity contribution is 5.79. The normalized spacial score (nSPS) is 25.2. The molecule has 1 heterocycles. The third-order valence-electron chi connectivity index (χ3n) is 2.14. The number of guanidine groups is 1. The Morgan fingerprint density at radius 1 is 1.60 bits per heavy atom. The van der Waals surface area contributed by atoms with Crippen molar-refractivity contribution in [1.29, 1.82) is 0 Å². The van der Waals surface area contributed by atoms with Crippen LogP contribution in [0, 0.1) is 5.92 Å². The Kier molecular flexibility index (Phi) is 1.29. The van der Waals surface area contributed by atoms with Gasteiger partial charge in [0.1, 0.15) is 0 Å². The number of rotatable bonds is 2. The van der Waals surface area contributed by atoms with Crippen LogP contribution in [0.15, 0.2) is 4.99 Å². The largest absolute Gasteiger partial charge is 0.370 e. The van der Waals surface area contributed by atoms with Crippen molar-refractivity contribution in [3.05, 3.63) is 0 Å². The first-order chi connectivity index (χ1) is 4.86. The molecule has 2 aliphatic rings. The monoisotopic (exact) mass is 139 g/mol. The van der Waals surface area contributed by atoms with Gasteiger partial charge in [-0.2, -0.15) is 0 Å². The highest BCUT2D eigenvalue weighted by Gasteiger charge is 2.26. The molecule has 0 amide bonds. The van der Waals surface area contributed by atoms with E-state index in [2.05, 4.69) is 9.89 Å². The third kappa shape index (κ3) is 1.08. The van der Waals surface area contributed by atoms with Gasteiger partial charge < -0.3 is 10.6 Å². The lowest BCUT2D eigenvalue weighted by Crippen LogP contribution is -2.35. The molecule has 2 rings (SSSR count). The topological polar surface area (TPSA) is 41.6 Å². The summed E-state index contributed by atoms with van der Waals surface area (Å²) in [7, 11) is 0. The molecule has 0 saturated heterocycles. The first-order valence-electron chi connectivity index (χ1n) is 3.91. The zero-order valence-corrected chi connectivity index (χ0v) is 6.08. The number of nitrogens with zero attached hydrogens (tertiary/aromatic N) is 2. The molecular formula is C7H13N3. The molecule has 10 heavy (non-hydrogen) atoms. The van der Waals surface area contributed by atoms with Gasteiger partial charge in [-0.3, -0.25) is 4.99 Å². The molecule has 0 aromatic carbocycles. The van der Waals surface area contributed by atoms with Gasteiger partial charge in [0.2, 0.25) is 0 Å². The van der Waals surface area contributed by atoms with E-state index in [-0.39, 0.29) is 0 Å². The van der Waals surface area contributed by atoms with Crippen LogP contribution in [0.25, 0.3) is 0 Å². The first-order valence-corrected chi connectivity index (χ1v) is 3.91. The van der Waals surface area contributed by atoms with Gasteiger partial charge in [-0.25, -0.2) is 0 Å². The summed E-state index contributed by atoms with van der Waals surface area (Å²) in [4.78, 5) is 6.31. The van der Waals surface area contributed by atoms with Gasteiger partial charge in [0.15, 0.2) is 5.96 Å². The Balaban J connectivity index is 1.86.